The predicted molar refractivity (Wildman–Crippen MR) is 114 cm³/mol. The van der Waals surface area contributed by atoms with Crippen molar-refractivity contribution in [2.75, 3.05) is 12.9 Å². The van der Waals surface area contributed by atoms with Crippen LogP contribution in [0.15, 0.2) is 58.4 Å². The molecule has 0 aliphatic rings. The SMILES string of the molecule is CC(C)COc1c(-c2ccc(S(C)(=O)=O)c(F)c2)cnn(-c2cccc(Cl)c2)c1=O. The van der Waals surface area contributed by atoms with E-state index >= 15 is 0 Å². The first-order valence-electron chi connectivity index (χ1n) is 9.09. The Morgan fingerprint density at radius 3 is 2.53 bits per heavy atom. The van der Waals surface area contributed by atoms with Gasteiger partial charge in [-0.15, -0.1) is 0 Å². The lowest BCUT2D eigenvalue weighted by atomic mass is 10.1. The second kappa shape index (κ2) is 8.57. The van der Waals surface area contributed by atoms with Crippen molar-refractivity contribution in [2.24, 2.45) is 5.92 Å². The number of hydrogen-bond acceptors (Lipinski definition) is 5. The maximum atomic E-state index is 14.4. The van der Waals surface area contributed by atoms with Gasteiger partial charge in [-0.2, -0.15) is 9.78 Å². The lowest BCUT2D eigenvalue weighted by Gasteiger charge is -2.15. The maximum Gasteiger partial charge on any atom is 0.314 e. The first-order chi connectivity index (χ1) is 14.1. The molecule has 1 aromatic heterocycles. The van der Waals surface area contributed by atoms with Gasteiger partial charge in [0.2, 0.25) is 0 Å². The molecular formula is C21H20ClFN2O4S. The molecule has 2 aromatic carbocycles. The molecule has 0 saturated heterocycles. The zero-order valence-electron chi connectivity index (χ0n) is 16.6. The minimum atomic E-state index is -3.72. The molecule has 1 heterocycles. The summed E-state index contributed by atoms with van der Waals surface area (Å²) < 4.78 is 44.7. The monoisotopic (exact) mass is 450 g/mol. The van der Waals surface area contributed by atoms with E-state index in [2.05, 4.69) is 5.10 Å². The van der Waals surface area contributed by atoms with Gasteiger partial charge in [0.05, 0.1) is 18.5 Å². The van der Waals surface area contributed by atoms with Crippen LogP contribution in [0.2, 0.25) is 5.02 Å². The van der Waals surface area contributed by atoms with Crippen molar-refractivity contribution in [3.05, 3.63) is 69.9 Å². The van der Waals surface area contributed by atoms with Crippen LogP contribution in [-0.2, 0) is 9.84 Å². The fraction of sp³-hybridized carbons (Fsp3) is 0.238. The Balaban J connectivity index is 2.18. The van der Waals surface area contributed by atoms with Crippen LogP contribution in [0.4, 0.5) is 4.39 Å². The predicted octanol–water partition coefficient (Wildman–Crippen LogP) is 4.13. The molecule has 158 valence electrons. The van der Waals surface area contributed by atoms with Gasteiger partial charge in [-0.05, 0) is 41.8 Å². The molecule has 3 rings (SSSR count). The van der Waals surface area contributed by atoms with Crippen LogP contribution in [0.5, 0.6) is 5.75 Å². The lowest BCUT2D eigenvalue weighted by molar-refractivity contribution is 0.267. The molecule has 30 heavy (non-hydrogen) atoms. The zero-order valence-corrected chi connectivity index (χ0v) is 18.2. The Bertz CT molecular complexity index is 1260. The van der Waals surface area contributed by atoms with Crippen molar-refractivity contribution in [3.8, 4) is 22.6 Å². The highest BCUT2D eigenvalue weighted by Gasteiger charge is 2.20. The van der Waals surface area contributed by atoms with Gasteiger partial charge >= 0.3 is 5.56 Å². The maximum absolute atomic E-state index is 14.4. The molecule has 0 fully saturated rings. The molecular weight excluding hydrogens is 431 g/mol. The molecule has 0 bridgehead atoms. The van der Waals surface area contributed by atoms with Crippen molar-refractivity contribution < 1.29 is 17.5 Å². The van der Waals surface area contributed by atoms with Crippen molar-refractivity contribution in [2.45, 2.75) is 18.7 Å². The topological polar surface area (TPSA) is 78.3 Å². The van der Waals surface area contributed by atoms with Gasteiger partial charge < -0.3 is 4.74 Å². The van der Waals surface area contributed by atoms with Gasteiger partial charge in [0.25, 0.3) is 0 Å². The number of benzene rings is 2. The number of sulfone groups is 1. The van der Waals surface area contributed by atoms with Gasteiger partial charge in [-0.25, -0.2) is 12.8 Å². The van der Waals surface area contributed by atoms with Crippen LogP contribution >= 0.6 is 11.6 Å². The standard InChI is InChI=1S/C21H20ClFN2O4S/c1-13(2)12-29-20-17(14-7-8-19(18(23)9-14)30(3,27)28)11-24-25(21(20)26)16-6-4-5-15(22)10-16/h4-11,13H,12H2,1-3H3. The molecule has 0 aliphatic carbocycles. The normalized spacial score (nSPS) is 11.7. The Morgan fingerprint density at radius 1 is 1.20 bits per heavy atom. The van der Waals surface area contributed by atoms with E-state index in [0.717, 1.165) is 23.1 Å². The molecule has 0 N–H and O–H groups in total. The largest absolute Gasteiger partial charge is 0.487 e. The molecule has 0 spiro atoms. The lowest BCUT2D eigenvalue weighted by Crippen LogP contribution is -2.24. The Kier molecular flexibility index (Phi) is 6.28. The van der Waals surface area contributed by atoms with E-state index < -0.39 is 26.1 Å². The molecule has 0 amide bonds. The fourth-order valence-corrected chi connectivity index (χ4v) is 3.71. The van der Waals surface area contributed by atoms with Crippen LogP contribution in [0.25, 0.3) is 16.8 Å². The van der Waals surface area contributed by atoms with E-state index in [1.54, 1.807) is 24.3 Å². The first kappa shape index (κ1) is 22.0. The van der Waals surface area contributed by atoms with Crippen molar-refractivity contribution >= 4 is 21.4 Å². The zero-order chi connectivity index (χ0) is 22.1. The van der Waals surface area contributed by atoms with Gasteiger partial charge in [0.1, 0.15) is 10.7 Å². The Labute approximate surface area is 178 Å². The first-order valence-corrected chi connectivity index (χ1v) is 11.4. The second-order valence-electron chi connectivity index (χ2n) is 7.21. The number of halogens is 2. The number of hydrogen-bond donors (Lipinski definition) is 0. The van der Waals surface area contributed by atoms with Gasteiger partial charge in [-0.3, -0.25) is 4.79 Å². The fourth-order valence-electron chi connectivity index (χ4n) is 2.79. The Morgan fingerprint density at radius 2 is 1.93 bits per heavy atom. The van der Waals surface area contributed by atoms with E-state index in [4.69, 9.17) is 16.3 Å². The molecule has 0 saturated carbocycles. The summed E-state index contributed by atoms with van der Waals surface area (Å²) in [5, 5.41) is 4.62. The molecule has 0 radical (unpaired) electrons. The highest BCUT2D eigenvalue weighted by molar-refractivity contribution is 7.90. The molecule has 0 unspecified atom stereocenters. The summed E-state index contributed by atoms with van der Waals surface area (Å²) in [5.74, 6) is -0.789. The van der Waals surface area contributed by atoms with Crippen LogP contribution in [0, 0.1) is 11.7 Å². The third-order valence-electron chi connectivity index (χ3n) is 4.19. The highest BCUT2D eigenvalue weighted by atomic mass is 35.5. The molecule has 0 aliphatic heterocycles. The van der Waals surface area contributed by atoms with E-state index in [9.17, 15) is 17.6 Å². The number of ether oxygens (including phenoxy) is 1. The summed E-state index contributed by atoms with van der Waals surface area (Å²) >= 11 is 6.02. The van der Waals surface area contributed by atoms with Gasteiger partial charge in [0.15, 0.2) is 15.6 Å². The number of aromatic nitrogens is 2. The van der Waals surface area contributed by atoms with E-state index in [0.29, 0.717) is 10.7 Å². The number of rotatable bonds is 6. The minimum absolute atomic E-state index is 0.00909. The van der Waals surface area contributed by atoms with Crippen molar-refractivity contribution in [3.63, 3.8) is 0 Å². The van der Waals surface area contributed by atoms with Crippen molar-refractivity contribution in [1.29, 1.82) is 0 Å². The van der Waals surface area contributed by atoms with E-state index in [1.807, 2.05) is 13.8 Å². The van der Waals surface area contributed by atoms with Crippen LogP contribution < -0.4 is 10.3 Å². The molecule has 0 atom stereocenters. The summed E-state index contributed by atoms with van der Waals surface area (Å²) in [6.07, 6.45) is 2.31. The van der Waals surface area contributed by atoms with Gasteiger partial charge in [0, 0.05) is 16.8 Å². The van der Waals surface area contributed by atoms with Gasteiger partial charge in [-0.1, -0.05) is 37.6 Å². The summed E-state index contributed by atoms with van der Waals surface area (Å²) in [7, 11) is -3.72. The smallest absolute Gasteiger partial charge is 0.314 e. The second-order valence-corrected chi connectivity index (χ2v) is 9.63. The molecule has 3 aromatic rings. The summed E-state index contributed by atoms with van der Waals surface area (Å²) in [6.45, 7) is 4.11. The third-order valence-corrected chi connectivity index (χ3v) is 5.55. The quantitative estimate of drug-likeness (QED) is 0.564. The molecule has 9 heteroatoms. The highest BCUT2D eigenvalue weighted by Crippen LogP contribution is 2.29. The minimum Gasteiger partial charge on any atom is -0.487 e. The van der Waals surface area contributed by atoms with E-state index in [1.165, 1.54) is 12.3 Å². The summed E-state index contributed by atoms with van der Waals surface area (Å²) in [5.41, 5.74) is 0.453. The third kappa shape index (κ3) is 4.71. The molecule has 6 nitrogen and oxygen atoms in total. The Hall–Kier alpha value is -2.71. The average molecular weight is 451 g/mol. The summed E-state index contributed by atoms with van der Waals surface area (Å²) in [4.78, 5) is 12.7. The summed E-state index contributed by atoms with van der Waals surface area (Å²) in [6, 6.07) is 10.3. The van der Waals surface area contributed by atoms with Crippen molar-refractivity contribution in [1.82, 2.24) is 9.78 Å². The number of nitrogens with zero attached hydrogens (tertiary/aromatic N) is 2. The average Bonchev–Trinajstić information content (AvgIpc) is 2.65. The van der Waals surface area contributed by atoms with Crippen LogP contribution in [0.3, 0.4) is 0 Å². The van der Waals surface area contributed by atoms with Crippen LogP contribution in [-0.4, -0.2) is 31.1 Å². The van der Waals surface area contributed by atoms with E-state index in [-0.39, 0.29) is 29.4 Å². The van der Waals surface area contributed by atoms with Crippen LogP contribution in [0.1, 0.15) is 13.8 Å².